The van der Waals surface area contributed by atoms with Gasteiger partial charge in [-0.15, -0.1) is 0 Å². The Morgan fingerprint density at radius 2 is 1.85 bits per heavy atom. The van der Waals surface area contributed by atoms with Gasteiger partial charge in [-0.3, -0.25) is 4.98 Å². The number of rotatable bonds is 3. The first kappa shape index (κ1) is 12.8. The molecule has 0 saturated heterocycles. The van der Waals surface area contributed by atoms with Crippen molar-refractivity contribution < 1.29 is 0 Å². The zero-order valence-corrected chi connectivity index (χ0v) is 11.6. The molecule has 1 heterocycles. The normalized spacial score (nSPS) is 12.5. The molecule has 0 aliphatic carbocycles. The van der Waals surface area contributed by atoms with Crippen molar-refractivity contribution in [1.82, 2.24) is 4.98 Å². The molecular formula is C18H18N2. The van der Waals surface area contributed by atoms with Crippen LogP contribution in [0.2, 0.25) is 0 Å². The van der Waals surface area contributed by atoms with E-state index in [2.05, 4.69) is 54.4 Å². The molecule has 0 radical (unpaired) electrons. The number of fused-ring (bicyclic) bond motifs is 1. The Bertz CT molecular complexity index is 729. The van der Waals surface area contributed by atoms with E-state index >= 15 is 0 Å². The number of nitrogens with two attached hydrogens (primary N) is 1. The van der Waals surface area contributed by atoms with Crippen molar-refractivity contribution in [3.63, 3.8) is 0 Å². The quantitative estimate of drug-likeness (QED) is 0.778. The fourth-order valence-corrected chi connectivity index (χ4v) is 2.56. The molecule has 3 aromatic rings. The van der Waals surface area contributed by atoms with E-state index in [1.807, 2.05) is 18.3 Å². The minimum Gasteiger partial charge on any atom is -0.320 e. The molecule has 0 bridgehead atoms. The maximum atomic E-state index is 6.47. The second-order valence-electron chi connectivity index (χ2n) is 5.00. The van der Waals surface area contributed by atoms with Gasteiger partial charge >= 0.3 is 0 Å². The maximum Gasteiger partial charge on any atom is 0.0753 e. The third-order valence-electron chi connectivity index (χ3n) is 3.72. The van der Waals surface area contributed by atoms with Crippen molar-refractivity contribution in [3.8, 4) is 0 Å². The minimum absolute atomic E-state index is 0.139. The molecule has 1 unspecified atom stereocenters. The summed E-state index contributed by atoms with van der Waals surface area (Å²) in [5, 5.41) is 1.13. The molecule has 1 atom stereocenters. The van der Waals surface area contributed by atoms with Gasteiger partial charge in [-0.25, -0.2) is 0 Å². The Labute approximate surface area is 119 Å². The third kappa shape index (κ3) is 2.30. The number of hydrogen-bond donors (Lipinski definition) is 1. The minimum atomic E-state index is -0.139. The Morgan fingerprint density at radius 1 is 1.05 bits per heavy atom. The molecule has 0 fully saturated rings. The van der Waals surface area contributed by atoms with Crippen LogP contribution in [0.1, 0.15) is 29.7 Å². The van der Waals surface area contributed by atoms with Gasteiger partial charge in [0.05, 0.1) is 11.6 Å². The van der Waals surface area contributed by atoms with Crippen LogP contribution in [0.4, 0.5) is 0 Å². The topological polar surface area (TPSA) is 38.9 Å². The largest absolute Gasteiger partial charge is 0.320 e. The van der Waals surface area contributed by atoms with Crippen LogP contribution in [0.5, 0.6) is 0 Å². The zero-order chi connectivity index (χ0) is 13.9. The van der Waals surface area contributed by atoms with Crippen LogP contribution in [0.3, 0.4) is 0 Å². The smallest absolute Gasteiger partial charge is 0.0753 e. The lowest BCUT2D eigenvalue weighted by Gasteiger charge is -2.15. The van der Waals surface area contributed by atoms with E-state index in [1.165, 1.54) is 5.56 Å². The molecule has 0 aliphatic heterocycles. The second-order valence-corrected chi connectivity index (χ2v) is 5.00. The number of benzene rings is 2. The number of para-hydroxylation sites is 1. The molecule has 2 aromatic carbocycles. The summed E-state index contributed by atoms with van der Waals surface area (Å²) in [5.74, 6) is 0. The highest BCUT2D eigenvalue weighted by Crippen LogP contribution is 2.26. The monoisotopic (exact) mass is 262 g/mol. The number of aromatic nitrogens is 1. The summed E-state index contributed by atoms with van der Waals surface area (Å²) < 4.78 is 0. The predicted molar refractivity (Wildman–Crippen MR) is 83.6 cm³/mol. The molecule has 0 amide bonds. The molecule has 2 nitrogen and oxygen atoms in total. The van der Waals surface area contributed by atoms with E-state index in [9.17, 15) is 0 Å². The van der Waals surface area contributed by atoms with Crippen LogP contribution in [0.15, 0.2) is 60.8 Å². The van der Waals surface area contributed by atoms with Gasteiger partial charge in [0.25, 0.3) is 0 Å². The van der Waals surface area contributed by atoms with Crippen molar-refractivity contribution >= 4 is 10.9 Å². The van der Waals surface area contributed by atoms with Gasteiger partial charge in [0.15, 0.2) is 0 Å². The molecule has 0 spiro atoms. The highest BCUT2D eigenvalue weighted by atomic mass is 14.7. The number of nitrogens with zero attached hydrogens (tertiary/aromatic N) is 1. The lowest BCUT2D eigenvalue weighted by Crippen LogP contribution is -2.13. The van der Waals surface area contributed by atoms with Crippen molar-refractivity contribution in [1.29, 1.82) is 0 Å². The Morgan fingerprint density at radius 3 is 2.70 bits per heavy atom. The van der Waals surface area contributed by atoms with Crippen LogP contribution in [-0.2, 0) is 6.42 Å². The number of pyridine rings is 1. The van der Waals surface area contributed by atoms with Crippen molar-refractivity contribution in [2.75, 3.05) is 0 Å². The molecular weight excluding hydrogens is 244 g/mol. The molecule has 20 heavy (non-hydrogen) atoms. The SMILES string of the molecule is CCc1cccc(C(N)c2cccc3cccnc23)c1. The van der Waals surface area contributed by atoms with Gasteiger partial charge in [0.1, 0.15) is 0 Å². The number of hydrogen-bond acceptors (Lipinski definition) is 2. The summed E-state index contributed by atoms with van der Waals surface area (Å²) in [5.41, 5.74) is 11.0. The van der Waals surface area contributed by atoms with Gasteiger partial charge in [-0.2, -0.15) is 0 Å². The fraction of sp³-hybridized carbons (Fsp3) is 0.167. The van der Waals surface area contributed by atoms with E-state index in [-0.39, 0.29) is 6.04 Å². The van der Waals surface area contributed by atoms with E-state index in [1.54, 1.807) is 0 Å². The van der Waals surface area contributed by atoms with Crippen LogP contribution >= 0.6 is 0 Å². The summed E-state index contributed by atoms with van der Waals surface area (Å²) in [7, 11) is 0. The summed E-state index contributed by atoms with van der Waals surface area (Å²) in [4.78, 5) is 4.49. The van der Waals surface area contributed by atoms with E-state index in [0.717, 1.165) is 28.5 Å². The third-order valence-corrected chi connectivity index (χ3v) is 3.72. The zero-order valence-electron chi connectivity index (χ0n) is 11.6. The fourth-order valence-electron chi connectivity index (χ4n) is 2.56. The van der Waals surface area contributed by atoms with Crippen molar-refractivity contribution in [2.45, 2.75) is 19.4 Å². The standard InChI is InChI=1S/C18H18N2/c1-2-13-6-3-8-15(12-13)17(19)16-10-4-7-14-9-5-11-20-18(14)16/h3-12,17H,2,19H2,1H3. The summed E-state index contributed by atoms with van der Waals surface area (Å²) in [6.45, 7) is 2.16. The molecule has 1 aromatic heterocycles. The summed E-state index contributed by atoms with van der Waals surface area (Å²) >= 11 is 0. The first-order chi connectivity index (χ1) is 9.79. The molecule has 100 valence electrons. The van der Waals surface area contributed by atoms with E-state index < -0.39 is 0 Å². The highest BCUT2D eigenvalue weighted by Gasteiger charge is 2.13. The van der Waals surface area contributed by atoms with Gasteiger partial charge < -0.3 is 5.73 Å². The number of aryl methyl sites for hydroxylation is 1. The van der Waals surface area contributed by atoms with Gasteiger partial charge in [-0.1, -0.05) is 55.5 Å². The molecule has 0 aliphatic rings. The first-order valence-corrected chi connectivity index (χ1v) is 6.97. The summed E-state index contributed by atoms with van der Waals surface area (Å²) in [6.07, 6.45) is 2.84. The lowest BCUT2D eigenvalue weighted by atomic mass is 9.95. The average Bonchev–Trinajstić information content (AvgIpc) is 2.53. The van der Waals surface area contributed by atoms with Crippen LogP contribution in [0.25, 0.3) is 10.9 Å². The van der Waals surface area contributed by atoms with Crippen LogP contribution in [-0.4, -0.2) is 4.98 Å². The van der Waals surface area contributed by atoms with Crippen LogP contribution in [0, 0.1) is 0 Å². The van der Waals surface area contributed by atoms with Crippen molar-refractivity contribution in [2.24, 2.45) is 5.73 Å². The second kappa shape index (κ2) is 5.43. The molecule has 3 rings (SSSR count). The lowest BCUT2D eigenvalue weighted by molar-refractivity contribution is 0.873. The van der Waals surface area contributed by atoms with E-state index in [4.69, 9.17) is 5.73 Å². The maximum absolute atomic E-state index is 6.47. The predicted octanol–water partition coefficient (Wildman–Crippen LogP) is 3.85. The molecule has 0 saturated carbocycles. The van der Waals surface area contributed by atoms with Gasteiger partial charge in [0.2, 0.25) is 0 Å². The molecule has 2 N–H and O–H groups in total. The Kier molecular flexibility index (Phi) is 3.48. The first-order valence-electron chi connectivity index (χ1n) is 6.97. The Balaban J connectivity index is 2.10. The summed E-state index contributed by atoms with van der Waals surface area (Å²) in [6, 6.07) is 18.6. The van der Waals surface area contributed by atoms with E-state index in [0.29, 0.717) is 0 Å². The van der Waals surface area contributed by atoms with Gasteiger partial charge in [0, 0.05) is 11.6 Å². The Hall–Kier alpha value is -2.19. The highest BCUT2D eigenvalue weighted by molar-refractivity contribution is 5.82. The van der Waals surface area contributed by atoms with Crippen molar-refractivity contribution in [3.05, 3.63) is 77.5 Å². The average molecular weight is 262 g/mol. The van der Waals surface area contributed by atoms with Gasteiger partial charge in [-0.05, 0) is 29.2 Å². The molecule has 2 heteroatoms. The van der Waals surface area contributed by atoms with Crippen LogP contribution < -0.4 is 5.73 Å².